The number of hydrogen-bond donors (Lipinski definition) is 1. The van der Waals surface area contributed by atoms with Crippen LogP contribution in [0.4, 0.5) is 5.13 Å². The minimum atomic E-state index is 0.380. The summed E-state index contributed by atoms with van der Waals surface area (Å²) in [4.78, 5) is 4.40. The SMILES string of the molecule is CC(C)c1nsc(NCc2cnn(C)c2)n1. The van der Waals surface area contributed by atoms with E-state index in [9.17, 15) is 0 Å². The molecule has 86 valence electrons. The molecule has 0 aliphatic rings. The standard InChI is InChI=1S/C10H15N5S/c1-7(2)9-13-10(16-14-9)11-4-8-5-12-15(3)6-8/h5-7H,4H2,1-3H3,(H,11,13,14). The average Bonchev–Trinajstić information content (AvgIpc) is 2.83. The molecule has 2 rings (SSSR count). The van der Waals surface area contributed by atoms with Gasteiger partial charge in [-0.3, -0.25) is 4.68 Å². The molecule has 0 saturated carbocycles. The lowest BCUT2D eigenvalue weighted by Crippen LogP contribution is -1.98. The lowest BCUT2D eigenvalue weighted by molar-refractivity contribution is 0.767. The Morgan fingerprint density at radius 1 is 1.50 bits per heavy atom. The molecule has 2 aromatic heterocycles. The third kappa shape index (κ3) is 2.57. The van der Waals surface area contributed by atoms with Gasteiger partial charge in [0.1, 0.15) is 5.82 Å². The molecular formula is C10H15N5S. The maximum Gasteiger partial charge on any atom is 0.202 e. The summed E-state index contributed by atoms with van der Waals surface area (Å²) in [6.07, 6.45) is 3.83. The van der Waals surface area contributed by atoms with E-state index in [1.807, 2.05) is 19.4 Å². The van der Waals surface area contributed by atoms with Crippen LogP contribution < -0.4 is 5.32 Å². The van der Waals surface area contributed by atoms with Crippen LogP contribution in [0.15, 0.2) is 12.4 Å². The second kappa shape index (κ2) is 4.61. The maximum atomic E-state index is 4.40. The highest BCUT2D eigenvalue weighted by Crippen LogP contribution is 2.17. The van der Waals surface area contributed by atoms with Crippen molar-refractivity contribution in [1.82, 2.24) is 19.1 Å². The topological polar surface area (TPSA) is 55.6 Å². The summed E-state index contributed by atoms with van der Waals surface area (Å²) >= 11 is 1.40. The van der Waals surface area contributed by atoms with Crippen LogP contribution >= 0.6 is 11.5 Å². The Balaban J connectivity index is 1.94. The van der Waals surface area contributed by atoms with Gasteiger partial charge in [0.2, 0.25) is 5.13 Å². The molecule has 0 aliphatic carbocycles. The van der Waals surface area contributed by atoms with E-state index in [-0.39, 0.29) is 0 Å². The quantitative estimate of drug-likeness (QED) is 0.883. The van der Waals surface area contributed by atoms with Gasteiger partial charge in [-0.15, -0.1) is 0 Å². The highest BCUT2D eigenvalue weighted by molar-refractivity contribution is 7.09. The Bertz CT molecular complexity index is 459. The van der Waals surface area contributed by atoms with E-state index >= 15 is 0 Å². The van der Waals surface area contributed by atoms with Gasteiger partial charge in [0, 0.05) is 42.8 Å². The van der Waals surface area contributed by atoms with Crippen LogP contribution in [0.2, 0.25) is 0 Å². The van der Waals surface area contributed by atoms with Crippen molar-refractivity contribution in [2.24, 2.45) is 7.05 Å². The maximum absolute atomic E-state index is 4.40. The Morgan fingerprint density at radius 3 is 2.88 bits per heavy atom. The van der Waals surface area contributed by atoms with E-state index in [4.69, 9.17) is 0 Å². The Labute approximate surface area is 98.7 Å². The van der Waals surface area contributed by atoms with Crippen LogP contribution in [-0.4, -0.2) is 19.1 Å². The fourth-order valence-corrected chi connectivity index (χ4v) is 1.98. The number of hydrogen-bond acceptors (Lipinski definition) is 5. The molecule has 0 atom stereocenters. The molecule has 0 aromatic carbocycles. The fraction of sp³-hybridized carbons (Fsp3) is 0.500. The zero-order valence-corrected chi connectivity index (χ0v) is 10.5. The molecule has 1 N–H and O–H groups in total. The van der Waals surface area contributed by atoms with Crippen LogP contribution in [0.3, 0.4) is 0 Å². The molecule has 16 heavy (non-hydrogen) atoms. The summed E-state index contributed by atoms with van der Waals surface area (Å²) in [5.41, 5.74) is 1.14. The molecule has 0 spiro atoms. The summed E-state index contributed by atoms with van der Waals surface area (Å²) in [5, 5.41) is 8.22. The summed E-state index contributed by atoms with van der Waals surface area (Å²) < 4.78 is 6.07. The van der Waals surface area contributed by atoms with Crippen LogP contribution in [0.5, 0.6) is 0 Å². The van der Waals surface area contributed by atoms with Gasteiger partial charge in [-0.25, -0.2) is 4.98 Å². The van der Waals surface area contributed by atoms with Gasteiger partial charge >= 0.3 is 0 Å². The fourth-order valence-electron chi connectivity index (χ4n) is 1.28. The minimum absolute atomic E-state index is 0.380. The number of nitrogens with one attached hydrogen (secondary N) is 1. The monoisotopic (exact) mass is 237 g/mol. The van der Waals surface area contributed by atoms with Gasteiger partial charge in [-0.1, -0.05) is 13.8 Å². The van der Waals surface area contributed by atoms with Crippen molar-refractivity contribution < 1.29 is 0 Å². The summed E-state index contributed by atoms with van der Waals surface area (Å²) in [6, 6.07) is 0. The van der Waals surface area contributed by atoms with E-state index in [0.717, 1.165) is 23.1 Å². The van der Waals surface area contributed by atoms with Crippen molar-refractivity contribution >= 4 is 16.7 Å². The Hall–Kier alpha value is -1.43. The van der Waals surface area contributed by atoms with E-state index < -0.39 is 0 Å². The number of nitrogens with zero attached hydrogens (tertiary/aromatic N) is 4. The zero-order chi connectivity index (χ0) is 11.5. The van der Waals surface area contributed by atoms with Gasteiger partial charge in [0.05, 0.1) is 6.20 Å². The predicted octanol–water partition coefficient (Wildman–Crippen LogP) is 2.01. The summed E-state index contributed by atoms with van der Waals surface area (Å²) in [7, 11) is 1.91. The first-order valence-electron chi connectivity index (χ1n) is 5.20. The molecular weight excluding hydrogens is 222 g/mol. The first-order valence-corrected chi connectivity index (χ1v) is 5.97. The molecule has 0 amide bonds. The second-order valence-corrected chi connectivity index (χ2v) is 4.74. The molecule has 2 heterocycles. The predicted molar refractivity (Wildman–Crippen MR) is 64.5 cm³/mol. The molecule has 0 unspecified atom stereocenters. The van der Waals surface area contributed by atoms with Crippen LogP contribution in [0, 0.1) is 0 Å². The Morgan fingerprint density at radius 2 is 2.31 bits per heavy atom. The van der Waals surface area contributed by atoms with E-state index in [1.165, 1.54) is 11.5 Å². The number of anilines is 1. The largest absolute Gasteiger partial charge is 0.356 e. The molecule has 0 fully saturated rings. The van der Waals surface area contributed by atoms with E-state index in [2.05, 4.69) is 33.6 Å². The van der Waals surface area contributed by atoms with E-state index in [0.29, 0.717) is 5.92 Å². The zero-order valence-electron chi connectivity index (χ0n) is 9.64. The van der Waals surface area contributed by atoms with Crippen LogP contribution in [0.25, 0.3) is 0 Å². The molecule has 5 nitrogen and oxygen atoms in total. The lowest BCUT2D eigenvalue weighted by atomic mass is 10.2. The smallest absolute Gasteiger partial charge is 0.202 e. The Kier molecular flexibility index (Phi) is 3.19. The van der Waals surface area contributed by atoms with Crippen LogP contribution in [0.1, 0.15) is 31.2 Å². The highest BCUT2D eigenvalue weighted by atomic mass is 32.1. The number of aromatic nitrogens is 4. The third-order valence-corrected chi connectivity index (χ3v) is 2.85. The summed E-state index contributed by atoms with van der Waals surface area (Å²) in [6.45, 7) is 4.92. The summed E-state index contributed by atoms with van der Waals surface area (Å²) in [5.74, 6) is 1.28. The van der Waals surface area contributed by atoms with Crippen molar-refractivity contribution in [3.8, 4) is 0 Å². The molecule has 0 saturated heterocycles. The second-order valence-electron chi connectivity index (χ2n) is 3.99. The van der Waals surface area contributed by atoms with Crippen molar-refractivity contribution in [3.05, 3.63) is 23.8 Å². The molecule has 0 aliphatic heterocycles. The number of aryl methyl sites for hydroxylation is 1. The van der Waals surface area contributed by atoms with Gasteiger partial charge in [-0.05, 0) is 0 Å². The van der Waals surface area contributed by atoms with Crippen molar-refractivity contribution in [3.63, 3.8) is 0 Å². The van der Waals surface area contributed by atoms with Gasteiger partial charge in [-0.2, -0.15) is 9.47 Å². The van der Waals surface area contributed by atoms with E-state index in [1.54, 1.807) is 4.68 Å². The van der Waals surface area contributed by atoms with Gasteiger partial charge in [0.25, 0.3) is 0 Å². The molecule has 0 bridgehead atoms. The first-order chi connectivity index (χ1) is 7.65. The van der Waals surface area contributed by atoms with Gasteiger partial charge < -0.3 is 5.32 Å². The van der Waals surface area contributed by atoms with Crippen molar-refractivity contribution in [2.75, 3.05) is 5.32 Å². The number of rotatable bonds is 4. The van der Waals surface area contributed by atoms with Gasteiger partial charge in [0.15, 0.2) is 0 Å². The third-order valence-electron chi connectivity index (χ3n) is 2.16. The average molecular weight is 237 g/mol. The van der Waals surface area contributed by atoms with Crippen molar-refractivity contribution in [2.45, 2.75) is 26.3 Å². The first kappa shape index (κ1) is 11.1. The minimum Gasteiger partial charge on any atom is -0.356 e. The van der Waals surface area contributed by atoms with Crippen molar-refractivity contribution in [1.29, 1.82) is 0 Å². The molecule has 2 aromatic rings. The normalized spacial score (nSPS) is 11.0. The highest BCUT2D eigenvalue weighted by Gasteiger charge is 2.07. The molecule has 0 radical (unpaired) electrons. The lowest BCUT2D eigenvalue weighted by Gasteiger charge is -1.98. The molecule has 6 heteroatoms. The van der Waals surface area contributed by atoms with Crippen LogP contribution in [-0.2, 0) is 13.6 Å².